The third-order valence-corrected chi connectivity index (χ3v) is 8.64. The third kappa shape index (κ3) is 4.67. The van der Waals surface area contributed by atoms with E-state index in [0.29, 0.717) is 17.7 Å². The number of urea groups is 1. The largest absolute Gasteiger partial charge is 0.356 e. The van der Waals surface area contributed by atoms with Gasteiger partial charge in [-0.05, 0) is 54.7 Å². The molecule has 0 spiro atoms. The van der Waals surface area contributed by atoms with Crippen molar-refractivity contribution in [3.8, 4) is 0 Å². The Morgan fingerprint density at radius 2 is 1.56 bits per heavy atom. The van der Waals surface area contributed by atoms with Gasteiger partial charge in [-0.3, -0.25) is 14.5 Å². The van der Waals surface area contributed by atoms with Gasteiger partial charge in [0.15, 0.2) is 0 Å². The smallest absolute Gasteiger partial charge is 0.332 e. The molecule has 4 aromatic carbocycles. The lowest BCUT2D eigenvalue weighted by Gasteiger charge is -2.36. The summed E-state index contributed by atoms with van der Waals surface area (Å²) in [6, 6.07) is 33.2. The van der Waals surface area contributed by atoms with Crippen LogP contribution in [-0.2, 0) is 17.6 Å². The summed E-state index contributed by atoms with van der Waals surface area (Å²) in [5.74, 6) is -0.628. The van der Waals surface area contributed by atoms with Gasteiger partial charge in [-0.2, -0.15) is 0 Å². The van der Waals surface area contributed by atoms with E-state index in [1.165, 1.54) is 10.5 Å². The Morgan fingerprint density at radius 1 is 0.884 bits per heavy atom. The molecule has 7 nitrogen and oxygen atoms in total. The Kier molecular flexibility index (Phi) is 6.78. The first-order valence-corrected chi connectivity index (χ1v) is 14.8. The van der Waals surface area contributed by atoms with Gasteiger partial charge < -0.3 is 10.3 Å². The summed E-state index contributed by atoms with van der Waals surface area (Å²) >= 11 is 0. The molecule has 7 rings (SSSR count). The first-order chi connectivity index (χ1) is 21.0. The maximum absolute atomic E-state index is 14.3. The molecule has 3 atom stereocenters. The minimum absolute atomic E-state index is 0.0992. The number of fused-ring (bicyclic) bond motifs is 4. The molecule has 2 aliphatic heterocycles. The van der Waals surface area contributed by atoms with Gasteiger partial charge in [0.2, 0.25) is 0 Å². The summed E-state index contributed by atoms with van der Waals surface area (Å²) in [5.41, 5.74) is 5.68. The molecule has 214 valence electrons. The Hall–Kier alpha value is -5.17. The standard InChI is InChI=1S/C36H32N4O3/c1-23(20-21-24-12-4-2-5-13-24)37-34(41)27-17-9-11-19-30(27)40-35(42)31-22-28-26-16-8-10-18-29(26)38-32(28)33(39(31)36(40)43)25-14-6-3-7-15-25/h2-19,23,31,33,38H,20-22H2,1H3,(H,37,41)/t23-,31+,33-/m1/s1. The average molecular weight is 569 g/mol. The predicted molar refractivity (Wildman–Crippen MR) is 167 cm³/mol. The molecular weight excluding hydrogens is 536 g/mol. The van der Waals surface area contributed by atoms with Crippen molar-refractivity contribution in [2.24, 2.45) is 0 Å². The fourth-order valence-corrected chi connectivity index (χ4v) is 6.54. The lowest BCUT2D eigenvalue weighted by atomic mass is 9.89. The molecule has 4 amide bonds. The number of hydrogen-bond acceptors (Lipinski definition) is 3. The van der Waals surface area contributed by atoms with E-state index in [1.807, 2.05) is 73.7 Å². The fourth-order valence-electron chi connectivity index (χ4n) is 6.54. The monoisotopic (exact) mass is 568 g/mol. The SMILES string of the molecule is C[C@H](CCc1ccccc1)NC(=O)c1ccccc1N1C(=O)[C@@H]2Cc3c([nH]c4ccccc34)[C@@H](c3ccccc3)N2C1=O. The maximum Gasteiger partial charge on any atom is 0.332 e. The van der Waals surface area contributed by atoms with Crippen molar-refractivity contribution < 1.29 is 14.4 Å². The highest BCUT2D eigenvalue weighted by Gasteiger charge is 2.53. The Balaban J connectivity index is 1.21. The van der Waals surface area contributed by atoms with E-state index in [9.17, 15) is 14.4 Å². The molecule has 0 aliphatic carbocycles. The summed E-state index contributed by atoms with van der Waals surface area (Å²) in [4.78, 5) is 48.5. The molecule has 7 heteroatoms. The third-order valence-electron chi connectivity index (χ3n) is 8.64. The molecule has 1 fully saturated rings. The second kappa shape index (κ2) is 10.9. The second-order valence-electron chi connectivity index (χ2n) is 11.4. The number of carbonyl (C=O) groups is 3. The molecule has 2 aliphatic rings. The van der Waals surface area contributed by atoms with Crippen LogP contribution in [0, 0.1) is 0 Å². The molecule has 5 aromatic rings. The first-order valence-electron chi connectivity index (χ1n) is 14.8. The normalized spacial score (nSPS) is 18.4. The Labute approximate surface area is 250 Å². The number of nitrogens with zero attached hydrogens (tertiary/aromatic N) is 2. The number of benzene rings is 4. The number of H-pyrrole nitrogens is 1. The summed E-state index contributed by atoms with van der Waals surface area (Å²) in [6.45, 7) is 1.97. The minimum atomic E-state index is -0.690. The van der Waals surface area contributed by atoms with Crippen LogP contribution in [0.15, 0.2) is 109 Å². The van der Waals surface area contributed by atoms with Crippen molar-refractivity contribution in [1.29, 1.82) is 0 Å². The van der Waals surface area contributed by atoms with Gasteiger partial charge in [-0.25, -0.2) is 9.69 Å². The van der Waals surface area contributed by atoms with Gasteiger partial charge in [0.25, 0.3) is 11.8 Å². The molecule has 0 unspecified atom stereocenters. The van der Waals surface area contributed by atoms with Gasteiger partial charge in [0.05, 0.1) is 11.3 Å². The second-order valence-corrected chi connectivity index (χ2v) is 11.4. The number of amides is 4. The number of imide groups is 1. The van der Waals surface area contributed by atoms with Crippen LogP contribution >= 0.6 is 0 Å². The zero-order chi connectivity index (χ0) is 29.5. The molecule has 1 saturated heterocycles. The van der Waals surface area contributed by atoms with E-state index >= 15 is 0 Å². The number of carbonyl (C=O) groups excluding carboxylic acids is 3. The van der Waals surface area contributed by atoms with Crippen LogP contribution in [0.4, 0.5) is 10.5 Å². The summed E-state index contributed by atoms with van der Waals surface area (Å²) in [6.07, 6.45) is 1.99. The van der Waals surface area contributed by atoms with Crippen molar-refractivity contribution >= 4 is 34.4 Å². The number of para-hydroxylation sites is 2. The number of aromatic nitrogens is 1. The van der Waals surface area contributed by atoms with E-state index in [4.69, 9.17) is 0 Å². The van der Waals surface area contributed by atoms with Gasteiger partial charge in [0, 0.05) is 29.1 Å². The quantitative estimate of drug-likeness (QED) is 0.223. The predicted octanol–water partition coefficient (Wildman–Crippen LogP) is 6.40. The van der Waals surface area contributed by atoms with Gasteiger partial charge >= 0.3 is 6.03 Å². The van der Waals surface area contributed by atoms with Crippen LogP contribution in [0.5, 0.6) is 0 Å². The fraction of sp³-hybridized carbons (Fsp3) is 0.194. The van der Waals surface area contributed by atoms with Crippen LogP contribution in [0.25, 0.3) is 10.9 Å². The van der Waals surface area contributed by atoms with Crippen LogP contribution in [0.3, 0.4) is 0 Å². The van der Waals surface area contributed by atoms with Gasteiger partial charge in [0.1, 0.15) is 12.1 Å². The van der Waals surface area contributed by atoms with Crippen LogP contribution in [0.1, 0.15) is 52.1 Å². The molecule has 2 N–H and O–H groups in total. The minimum Gasteiger partial charge on any atom is -0.356 e. The zero-order valence-electron chi connectivity index (χ0n) is 23.9. The Morgan fingerprint density at radius 3 is 2.35 bits per heavy atom. The van der Waals surface area contributed by atoms with Crippen molar-refractivity contribution in [2.45, 2.75) is 44.3 Å². The highest BCUT2D eigenvalue weighted by molar-refractivity contribution is 6.24. The van der Waals surface area contributed by atoms with Crippen LogP contribution in [0.2, 0.25) is 0 Å². The number of nitrogens with one attached hydrogen (secondary N) is 2. The van der Waals surface area contributed by atoms with Crippen molar-refractivity contribution in [3.05, 3.63) is 137 Å². The zero-order valence-corrected chi connectivity index (χ0v) is 23.9. The highest BCUT2D eigenvalue weighted by Crippen LogP contribution is 2.45. The van der Waals surface area contributed by atoms with Gasteiger partial charge in [-0.1, -0.05) is 91.0 Å². The molecule has 0 radical (unpaired) electrons. The number of aromatic amines is 1. The van der Waals surface area contributed by atoms with Crippen molar-refractivity contribution in [1.82, 2.24) is 15.2 Å². The summed E-state index contributed by atoms with van der Waals surface area (Å²) < 4.78 is 0. The summed E-state index contributed by atoms with van der Waals surface area (Å²) in [5, 5.41) is 4.14. The first kappa shape index (κ1) is 26.7. The lowest BCUT2D eigenvalue weighted by molar-refractivity contribution is -0.120. The molecule has 0 bridgehead atoms. The molecule has 0 saturated carbocycles. The maximum atomic E-state index is 14.3. The van der Waals surface area contributed by atoms with Crippen molar-refractivity contribution in [2.75, 3.05) is 4.90 Å². The molecule has 43 heavy (non-hydrogen) atoms. The van der Waals surface area contributed by atoms with E-state index in [1.54, 1.807) is 29.2 Å². The van der Waals surface area contributed by atoms with E-state index in [-0.39, 0.29) is 17.9 Å². The summed E-state index contributed by atoms with van der Waals surface area (Å²) in [7, 11) is 0. The van der Waals surface area contributed by atoms with Crippen molar-refractivity contribution in [3.63, 3.8) is 0 Å². The highest BCUT2D eigenvalue weighted by atomic mass is 16.2. The average Bonchev–Trinajstić information content (AvgIpc) is 3.53. The molecule has 3 heterocycles. The molecular formula is C36H32N4O3. The van der Waals surface area contributed by atoms with Gasteiger partial charge in [-0.15, -0.1) is 0 Å². The van der Waals surface area contributed by atoms with E-state index in [0.717, 1.165) is 40.6 Å². The van der Waals surface area contributed by atoms with E-state index < -0.39 is 18.1 Å². The number of aryl methyl sites for hydroxylation is 1. The number of anilines is 1. The lowest BCUT2D eigenvalue weighted by Crippen LogP contribution is -2.44. The van der Waals surface area contributed by atoms with Crippen LogP contribution < -0.4 is 10.2 Å². The van der Waals surface area contributed by atoms with E-state index in [2.05, 4.69) is 28.5 Å². The topological polar surface area (TPSA) is 85.5 Å². The van der Waals surface area contributed by atoms with Crippen LogP contribution in [-0.4, -0.2) is 39.8 Å². The number of rotatable bonds is 7. The Bertz CT molecular complexity index is 1830. The number of hydrogen-bond donors (Lipinski definition) is 2. The molecule has 1 aromatic heterocycles.